The molecule has 0 aliphatic carbocycles. The minimum absolute atomic E-state index is 0.0169. The number of carboxylic acids is 1. The molecule has 44 heavy (non-hydrogen) atoms. The Balaban J connectivity index is 2.23. The minimum atomic E-state index is -3.02. The molecular weight excluding hydrogens is 580 g/mol. The predicted octanol–water partition coefficient (Wildman–Crippen LogP) is 6.44. The number of carbonyl (C=O) groups is 2. The quantitative estimate of drug-likeness (QED) is 0.188. The Labute approximate surface area is 259 Å². The predicted molar refractivity (Wildman–Crippen MR) is 173 cm³/mol. The number of H-pyrrole nitrogens is 1. The van der Waals surface area contributed by atoms with Crippen LogP contribution in [0.5, 0.6) is 11.5 Å². The van der Waals surface area contributed by atoms with Gasteiger partial charge in [-0.15, -0.1) is 0 Å². The van der Waals surface area contributed by atoms with E-state index in [2.05, 4.69) is 4.98 Å². The van der Waals surface area contributed by atoms with Crippen molar-refractivity contribution >= 4 is 31.3 Å². The number of carbonyl (C=O) groups excluding carboxylic acids is 1. The van der Waals surface area contributed by atoms with Gasteiger partial charge in [-0.3, -0.25) is 4.79 Å². The fourth-order valence-electron chi connectivity index (χ4n) is 4.81. The number of fused-ring (bicyclic) bond motifs is 1. The lowest BCUT2D eigenvalue weighted by atomic mass is 9.99. The number of phenols is 1. The van der Waals surface area contributed by atoms with E-state index in [1.165, 1.54) is 24.3 Å². The molecule has 0 aliphatic heterocycles. The van der Waals surface area contributed by atoms with Gasteiger partial charge in [0.25, 0.3) is 0 Å². The number of nitrogens with zero attached hydrogens (tertiary/aromatic N) is 1. The second-order valence-corrected chi connectivity index (χ2v) is 18.3. The Morgan fingerprint density at radius 3 is 2.20 bits per heavy atom. The fraction of sp³-hybridized carbons (Fsp3) is 0.485. The topological polar surface area (TPSA) is 149 Å². The van der Waals surface area contributed by atoms with Gasteiger partial charge >= 0.3 is 12.1 Å². The average Bonchev–Trinajstić information content (AvgIpc) is 2.87. The zero-order valence-electron chi connectivity index (χ0n) is 27.1. The van der Waals surface area contributed by atoms with E-state index in [1.54, 1.807) is 43.9 Å². The van der Waals surface area contributed by atoms with Crippen molar-refractivity contribution in [1.82, 2.24) is 9.88 Å². The van der Waals surface area contributed by atoms with Crippen LogP contribution >= 0.6 is 0 Å². The number of amides is 1. The maximum Gasteiger partial charge on any atom is 0.410 e. The molecule has 0 saturated carbocycles. The number of aromatic amines is 1. The number of phenolic OH excluding ortho intramolecular Hbond substituents is 1. The number of ether oxygens (including phenoxy) is 2. The summed E-state index contributed by atoms with van der Waals surface area (Å²) >= 11 is 0. The third-order valence-corrected chi connectivity index (χ3v) is 12.3. The van der Waals surface area contributed by atoms with E-state index in [1.807, 2.05) is 41.2 Å². The highest BCUT2D eigenvalue weighted by Crippen LogP contribution is 2.40. The molecule has 11 heteroatoms. The molecule has 1 aromatic heterocycles. The first-order valence-corrected chi connectivity index (χ1v) is 17.4. The smallest absolute Gasteiger partial charge is 0.410 e. The summed E-state index contributed by atoms with van der Waals surface area (Å²) in [5.41, 5.74) is 0.496. The normalized spacial score (nSPS) is 14.2. The molecule has 10 nitrogen and oxygen atoms in total. The number of benzene rings is 2. The molecule has 0 radical (unpaired) electrons. The third-order valence-electron chi connectivity index (χ3n) is 7.75. The van der Waals surface area contributed by atoms with E-state index >= 15 is 0 Å². The summed E-state index contributed by atoms with van der Waals surface area (Å²) in [6.07, 6.45) is -0.590. The highest BCUT2D eigenvalue weighted by molar-refractivity contribution is 6.74. The summed E-state index contributed by atoms with van der Waals surface area (Å²) in [5, 5.41) is 20.3. The van der Waals surface area contributed by atoms with Gasteiger partial charge in [0, 0.05) is 23.1 Å². The van der Waals surface area contributed by atoms with Gasteiger partial charge in [0.15, 0.2) is 8.32 Å². The highest BCUT2D eigenvalue weighted by Gasteiger charge is 2.43. The van der Waals surface area contributed by atoms with Gasteiger partial charge in [0.2, 0.25) is 5.56 Å². The van der Waals surface area contributed by atoms with Crippen LogP contribution < -0.4 is 10.3 Å². The van der Waals surface area contributed by atoms with E-state index in [0.29, 0.717) is 16.7 Å². The zero-order chi connectivity index (χ0) is 33.2. The Kier molecular flexibility index (Phi) is 10.3. The number of hydrogen-bond donors (Lipinski definition) is 4. The number of aromatic nitrogens is 1. The lowest BCUT2D eigenvalue weighted by molar-refractivity contribution is 0.0150. The maximum absolute atomic E-state index is 14.0. The van der Waals surface area contributed by atoms with E-state index < -0.39 is 37.1 Å². The van der Waals surface area contributed by atoms with Crippen LogP contribution in [0.2, 0.25) is 17.6 Å². The maximum atomic E-state index is 14.0. The van der Waals surface area contributed by atoms with Gasteiger partial charge in [0.1, 0.15) is 17.1 Å². The van der Waals surface area contributed by atoms with E-state index in [-0.39, 0.29) is 47.5 Å². The van der Waals surface area contributed by atoms with Gasteiger partial charge in [-0.1, -0.05) is 32.9 Å². The molecule has 0 saturated heterocycles. The van der Waals surface area contributed by atoms with E-state index in [9.17, 15) is 29.4 Å². The van der Waals surface area contributed by atoms with Crippen molar-refractivity contribution in [3.8, 4) is 11.5 Å². The molecule has 2 aromatic carbocycles. The van der Waals surface area contributed by atoms with Crippen molar-refractivity contribution in [2.45, 2.75) is 104 Å². The number of aromatic hydroxyl groups is 1. The van der Waals surface area contributed by atoms with Crippen LogP contribution in [-0.4, -0.2) is 63.0 Å². The lowest BCUT2D eigenvalue weighted by Gasteiger charge is -2.41. The number of carboxylic acid groups (broad SMARTS) is 1. The second kappa shape index (κ2) is 13.0. The second-order valence-electron chi connectivity index (χ2n) is 13.8. The van der Waals surface area contributed by atoms with Gasteiger partial charge < -0.3 is 34.4 Å². The number of pyridine rings is 1. The van der Waals surface area contributed by atoms with Crippen LogP contribution in [0.25, 0.3) is 10.9 Å². The minimum Gasteiger partial charge on any atom is -0.506 e. The van der Waals surface area contributed by atoms with Gasteiger partial charge in [0.05, 0.1) is 23.7 Å². The molecule has 2 atom stereocenters. The van der Waals surface area contributed by atoms with Crippen LogP contribution in [0.15, 0.2) is 47.3 Å². The van der Waals surface area contributed by atoms with Gasteiger partial charge in [-0.25, -0.2) is 9.59 Å². The monoisotopic (exact) mass is 626 g/mol. The molecule has 2 unspecified atom stereocenters. The molecule has 1 heterocycles. The van der Waals surface area contributed by atoms with Crippen molar-refractivity contribution in [2.24, 2.45) is 0 Å². The Morgan fingerprint density at radius 2 is 1.64 bits per heavy atom. The van der Waals surface area contributed by atoms with Crippen LogP contribution in [0.1, 0.15) is 76.9 Å². The molecule has 0 aliphatic rings. The average molecular weight is 627 g/mol. The number of nitrogens with one attached hydrogen (secondary N) is 1. The van der Waals surface area contributed by atoms with Crippen LogP contribution in [-0.2, 0) is 17.7 Å². The number of aromatic carboxylic acids is 1. The summed E-state index contributed by atoms with van der Waals surface area (Å²) in [7, 11) is -3.02. The SMILES string of the molecule is CC(C)Oc1cc(C(=O)O)ccc1CN(C(=O)OC(C)(C)C)C(Cc1ccc(O)c2[nH]c(=O)ccc12)C[Si](C)(O)C(C)(C)C. The van der Waals surface area contributed by atoms with E-state index in [4.69, 9.17) is 9.47 Å². The largest absolute Gasteiger partial charge is 0.506 e. The molecular formula is C33H46N2O8Si. The first-order chi connectivity index (χ1) is 20.2. The Hall–Kier alpha value is -3.83. The summed E-state index contributed by atoms with van der Waals surface area (Å²) < 4.78 is 11.9. The van der Waals surface area contributed by atoms with Crippen LogP contribution in [0.3, 0.4) is 0 Å². The summed E-state index contributed by atoms with van der Waals surface area (Å²) in [6, 6.07) is 10.5. The molecule has 4 N–H and O–H groups in total. The summed E-state index contributed by atoms with van der Waals surface area (Å²) in [6.45, 7) is 16.8. The summed E-state index contributed by atoms with van der Waals surface area (Å²) in [5.74, 6) is -0.844. The molecule has 0 bridgehead atoms. The third kappa shape index (κ3) is 8.63. The molecule has 240 valence electrons. The van der Waals surface area contributed by atoms with Crippen molar-refractivity contribution in [1.29, 1.82) is 0 Å². The molecule has 0 fully saturated rings. The van der Waals surface area contributed by atoms with Crippen LogP contribution in [0.4, 0.5) is 4.79 Å². The molecule has 3 rings (SSSR count). The molecule has 0 spiro atoms. The van der Waals surface area contributed by atoms with Crippen LogP contribution in [0, 0.1) is 0 Å². The Morgan fingerprint density at radius 1 is 1.00 bits per heavy atom. The molecule has 3 aromatic rings. The van der Waals surface area contributed by atoms with Crippen molar-refractivity contribution in [3.63, 3.8) is 0 Å². The number of hydrogen-bond acceptors (Lipinski definition) is 7. The van der Waals surface area contributed by atoms with Gasteiger partial charge in [-0.2, -0.15) is 0 Å². The van der Waals surface area contributed by atoms with Crippen molar-refractivity contribution < 1.29 is 34.1 Å². The van der Waals surface area contributed by atoms with Crippen molar-refractivity contribution in [2.75, 3.05) is 0 Å². The first kappa shape index (κ1) is 34.7. The lowest BCUT2D eigenvalue weighted by Crippen LogP contribution is -2.51. The standard InChI is InChI=1S/C33H46N2O8Si/c1-20(2)42-27-17-22(30(38)39)10-11-23(27)18-35(31(40)43-32(3,4)5)24(19-44(9,41)33(6,7)8)16-21-12-14-26(36)29-25(21)13-15-28(37)34-29/h10-15,17,20,24,36,41H,16,18-19H2,1-9H3,(H,34,37)(H,38,39). The zero-order valence-corrected chi connectivity index (χ0v) is 28.1. The fourth-order valence-corrected chi connectivity index (χ4v) is 6.71. The molecule has 1 amide bonds. The van der Waals surface area contributed by atoms with Crippen molar-refractivity contribution in [3.05, 3.63) is 69.5 Å². The number of rotatable bonds is 10. The first-order valence-electron chi connectivity index (χ1n) is 14.8. The van der Waals surface area contributed by atoms with Gasteiger partial charge in [-0.05, 0) is 88.5 Å². The highest BCUT2D eigenvalue weighted by atomic mass is 28.4. The summed E-state index contributed by atoms with van der Waals surface area (Å²) in [4.78, 5) is 54.0. The Bertz CT molecular complexity index is 1570. The van der Waals surface area contributed by atoms with E-state index in [0.717, 1.165) is 5.56 Å².